The largest absolute Gasteiger partial charge is 0.497 e. The Morgan fingerprint density at radius 3 is 2.37 bits per heavy atom. The molecule has 0 bridgehead atoms. The first-order valence-electron chi connectivity index (χ1n) is 7.86. The number of rotatable bonds is 5. The Hall–Kier alpha value is -3.20. The molecule has 9 heteroatoms. The predicted octanol–water partition coefficient (Wildman–Crippen LogP) is 1.33. The Bertz CT molecular complexity index is 1040. The zero-order valence-electron chi connectivity index (χ0n) is 14.6. The van der Waals surface area contributed by atoms with Crippen molar-refractivity contribution in [3.05, 3.63) is 53.6 Å². The van der Waals surface area contributed by atoms with E-state index in [2.05, 4.69) is 5.32 Å². The van der Waals surface area contributed by atoms with Gasteiger partial charge in [-0.25, -0.2) is 8.42 Å². The minimum atomic E-state index is -3.88. The van der Waals surface area contributed by atoms with E-state index in [0.29, 0.717) is 5.75 Å². The van der Waals surface area contributed by atoms with Crippen molar-refractivity contribution in [2.75, 3.05) is 25.2 Å². The van der Waals surface area contributed by atoms with Crippen molar-refractivity contribution in [2.45, 2.75) is 4.90 Å². The summed E-state index contributed by atoms with van der Waals surface area (Å²) in [5.74, 6) is -2.15. The number of anilines is 1. The Balaban J connectivity index is 1.81. The van der Waals surface area contributed by atoms with Crippen LogP contribution in [0.25, 0.3) is 0 Å². The van der Waals surface area contributed by atoms with Crippen molar-refractivity contribution >= 4 is 33.2 Å². The van der Waals surface area contributed by atoms with Crippen molar-refractivity contribution in [1.29, 1.82) is 0 Å². The lowest BCUT2D eigenvalue weighted by Crippen LogP contribution is -2.26. The van der Waals surface area contributed by atoms with Crippen molar-refractivity contribution in [1.82, 2.24) is 4.90 Å². The molecule has 3 rings (SSSR count). The summed E-state index contributed by atoms with van der Waals surface area (Å²) in [6, 6.07) is 10.1. The van der Waals surface area contributed by atoms with Crippen LogP contribution in [0.15, 0.2) is 47.4 Å². The fourth-order valence-electron chi connectivity index (χ4n) is 2.73. The van der Waals surface area contributed by atoms with E-state index in [0.717, 1.165) is 4.90 Å². The first kappa shape index (κ1) is 18.6. The summed E-state index contributed by atoms with van der Waals surface area (Å²) in [6.07, 6.45) is 0. The van der Waals surface area contributed by atoms with E-state index in [1.807, 2.05) is 0 Å². The highest BCUT2D eigenvalue weighted by atomic mass is 32.2. The Morgan fingerprint density at radius 1 is 1.07 bits per heavy atom. The molecule has 8 nitrogen and oxygen atoms in total. The van der Waals surface area contributed by atoms with E-state index in [1.54, 1.807) is 0 Å². The predicted molar refractivity (Wildman–Crippen MR) is 96.5 cm³/mol. The average molecular weight is 388 g/mol. The van der Waals surface area contributed by atoms with E-state index < -0.39 is 33.3 Å². The standard InChI is InChI=1S/C18H16N2O6S/c1-20-17(22)13-4-3-5-14(16(13)18(20)23)19-15(21)10-27(24,25)12-8-6-11(26-2)7-9-12/h3-9H,10H2,1-2H3,(H,19,21). The highest BCUT2D eigenvalue weighted by Gasteiger charge is 2.35. The number of methoxy groups -OCH3 is 1. The maximum atomic E-state index is 12.4. The lowest BCUT2D eigenvalue weighted by Gasteiger charge is -2.10. The van der Waals surface area contributed by atoms with Crippen molar-refractivity contribution in [2.24, 2.45) is 0 Å². The number of carbonyl (C=O) groups is 3. The van der Waals surface area contributed by atoms with E-state index in [-0.39, 0.29) is 21.7 Å². The van der Waals surface area contributed by atoms with Gasteiger partial charge in [-0.15, -0.1) is 0 Å². The molecule has 0 aliphatic carbocycles. The minimum absolute atomic E-state index is 0.0253. The zero-order valence-corrected chi connectivity index (χ0v) is 15.4. The second kappa shape index (κ2) is 6.84. The zero-order chi connectivity index (χ0) is 19.8. The Morgan fingerprint density at radius 2 is 1.74 bits per heavy atom. The third-order valence-corrected chi connectivity index (χ3v) is 5.76. The van der Waals surface area contributed by atoms with Crippen LogP contribution in [0, 0.1) is 0 Å². The Labute approximate surface area is 155 Å². The first-order valence-corrected chi connectivity index (χ1v) is 9.52. The summed E-state index contributed by atoms with van der Waals surface area (Å²) < 4.78 is 29.8. The molecule has 0 spiro atoms. The van der Waals surface area contributed by atoms with E-state index in [4.69, 9.17) is 4.74 Å². The quantitative estimate of drug-likeness (QED) is 0.774. The van der Waals surface area contributed by atoms with Crippen LogP contribution in [-0.2, 0) is 14.6 Å². The first-order chi connectivity index (χ1) is 12.7. The molecule has 140 valence electrons. The highest BCUT2D eigenvalue weighted by Crippen LogP contribution is 2.28. The molecule has 1 aliphatic heterocycles. The number of fused-ring (bicyclic) bond motifs is 1. The minimum Gasteiger partial charge on any atom is -0.497 e. The number of hydrogen-bond donors (Lipinski definition) is 1. The van der Waals surface area contributed by atoms with Gasteiger partial charge in [-0.3, -0.25) is 19.3 Å². The van der Waals surface area contributed by atoms with Crippen LogP contribution in [0.4, 0.5) is 5.69 Å². The molecule has 0 unspecified atom stereocenters. The number of sulfone groups is 1. The number of nitrogens with zero attached hydrogens (tertiary/aromatic N) is 1. The maximum absolute atomic E-state index is 12.4. The van der Waals surface area contributed by atoms with Crippen molar-refractivity contribution < 1.29 is 27.5 Å². The number of imide groups is 1. The lowest BCUT2D eigenvalue weighted by atomic mass is 10.1. The highest BCUT2D eigenvalue weighted by molar-refractivity contribution is 7.92. The molecule has 0 aromatic heterocycles. The smallest absolute Gasteiger partial charge is 0.263 e. The van der Waals surface area contributed by atoms with Crippen LogP contribution >= 0.6 is 0 Å². The van der Waals surface area contributed by atoms with Gasteiger partial charge in [-0.2, -0.15) is 0 Å². The third kappa shape index (κ3) is 3.41. The molecule has 1 heterocycles. The number of ether oxygens (including phenoxy) is 1. The third-order valence-electron chi connectivity index (χ3n) is 4.13. The fourth-order valence-corrected chi connectivity index (χ4v) is 3.87. The summed E-state index contributed by atoms with van der Waals surface area (Å²) in [5.41, 5.74) is 0.323. The molecule has 27 heavy (non-hydrogen) atoms. The number of hydrogen-bond acceptors (Lipinski definition) is 6. The summed E-state index contributed by atoms with van der Waals surface area (Å²) in [6.45, 7) is 0. The van der Waals surface area contributed by atoms with Gasteiger partial charge in [0.05, 0.1) is 28.8 Å². The molecular formula is C18H16N2O6S. The van der Waals surface area contributed by atoms with E-state index in [9.17, 15) is 22.8 Å². The topological polar surface area (TPSA) is 110 Å². The number of amides is 3. The van der Waals surface area contributed by atoms with Crippen molar-refractivity contribution in [3.8, 4) is 5.75 Å². The molecule has 0 radical (unpaired) electrons. The lowest BCUT2D eigenvalue weighted by molar-refractivity contribution is -0.113. The van der Waals surface area contributed by atoms with Crippen LogP contribution in [0.3, 0.4) is 0 Å². The summed E-state index contributed by atoms with van der Waals surface area (Å²) in [7, 11) is -1.09. The van der Waals surface area contributed by atoms with Gasteiger partial charge in [-0.1, -0.05) is 6.07 Å². The van der Waals surface area contributed by atoms with Gasteiger partial charge < -0.3 is 10.1 Å². The van der Waals surface area contributed by atoms with Gasteiger partial charge in [0.1, 0.15) is 11.5 Å². The van der Waals surface area contributed by atoms with Gasteiger partial charge in [0.2, 0.25) is 5.91 Å². The van der Waals surface area contributed by atoms with Crippen LogP contribution in [0.5, 0.6) is 5.75 Å². The maximum Gasteiger partial charge on any atom is 0.263 e. The number of carbonyl (C=O) groups excluding carboxylic acids is 3. The molecule has 2 aromatic carbocycles. The normalized spacial score (nSPS) is 13.5. The van der Waals surface area contributed by atoms with Gasteiger partial charge in [0.15, 0.2) is 9.84 Å². The SMILES string of the molecule is COc1ccc(S(=O)(=O)CC(=O)Nc2cccc3c2C(=O)N(C)C3=O)cc1. The molecule has 0 saturated carbocycles. The molecule has 0 atom stereocenters. The summed E-state index contributed by atoms with van der Waals surface area (Å²) >= 11 is 0. The Kier molecular flexibility index (Phi) is 4.71. The second-order valence-electron chi connectivity index (χ2n) is 5.88. The molecule has 3 amide bonds. The van der Waals surface area contributed by atoms with E-state index >= 15 is 0 Å². The van der Waals surface area contributed by atoms with Crippen LogP contribution in [0.2, 0.25) is 0 Å². The molecule has 2 aromatic rings. The van der Waals surface area contributed by atoms with Crippen molar-refractivity contribution in [3.63, 3.8) is 0 Å². The van der Waals surface area contributed by atoms with Gasteiger partial charge >= 0.3 is 0 Å². The van der Waals surface area contributed by atoms with Gasteiger partial charge in [-0.05, 0) is 36.4 Å². The molecule has 0 saturated heterocycles. The fraction of sp³-hybridized carbons (Fsp3) is 0.167. The summed E-state index contributed by atoms with van der Waals surface area (Å²) in [5, 5.41) is 2.42. The number of benzene rings is 2. The number of nitrogens with one attached hydrogen (secondary N) is 1. The van der Waals surface area contributed by atoms with E-state index in [1.165, 1.54) is 56.6 Å². The second-order valence-corrected chi connectivity index (χ2v) is 7.87. The van der Waals surface area contributed by atoms with Gasteiger partial charge in [0.25, 0.3) is 11.8 Å². The molecule has 0 fully saturated rings. The molecule has 1 aliphatic rings. The monoisotopic (exact) mass is 388 g/mol. The van der Waals surface area contributed by atoms with Crippen LogP contribution in [-0.4, -0.2) is 50.9 Å². The molecular weight excluding hydrogens is 372 g/mol. The molecule has 1 N–H and O–H groups in total. The summed E-state index contributed by atoms with van der Waals surface area (Å²) in [4.78, 5) is 37.4. The van der Waals surface area contributed by atoms with Crippen LogP contribution < -0.4 is 10.1 Å². The van der Waals surface area contributed by atoms with Crippen LogP contribution in [0.1, 0.15) is 20.7 Å². The van der Waals surface area contributed by atoms with Gasteiger partial charge in [0, 0.05) is 7.05 Å². The average Bonchev–Trinajstić information content (AvgIpc) is 2.86.